The predicted octanol–water partition coefficient (Wildman–Crippen LogP) is 2.46. The van der Waals surface area contributed by atoms with E-state index in [4.69, 9.17) is 4.74 Å². The summed E-state index contributed by atoms with van der Waals surface area (Å²) in [6, 6.07) is 1.95. The van der Waals surface area contributed by atoms with Crippen molar-refractivity contribution in [2.45, 2.75) is 32.3 Å². The van der Waals surface area contributed by atoms with Gasteiger partial charge in [-0.05, 0) is 28.8 Å². The molecule has 0 saturated carbocycles. The molecule has 122 valence electrons. The molecule has 0 spiro atoms. The van der Waals surface area contributed by atoms with Gasteiger partial charge in [0.15, 0.2) is 0 Å². The van der Waals surface area contributed by atoms with Crippen molar-refractivity contribution in [3.63, 3.8) is 0 Å². The molecule has 1 amide bonds. The van der Waals surface area contributed by atoms with Crippen LogP contribution in [0.5, 0.6) is 5.88 Å². The maximum atomic E-state index is 14.1. The molecule has 23 heavy (non-hydrogen) atoms. The predicted molar refractivity (Wildman–Crippen MR) is 85.0 cm³/mol. The Morgan fingerprint density at radius 1 is 1.52 bits per heavy atom. The Morgan fingerprint density at radius 2 is 2.39 bits per heavy atom. The van der Waals surface area contributed by atoms with E-state index in [2.05, 4.69) is 9.97 Å². The molecule has 0 aromatic carbocycles. The standard InChI is InChI=1S/C16H18FN3O2S/c1-2-13-15(17)16(19-10-18-13)22-12-3-5-20(8-12)14(21)7-11-4-6-23-9-11/h4,6,9-10,12H,2-3,5,7-8H2,1H3/t12-/m0/s1. The maximum absolute atomic E-state index is 14.1. The van der Waals surface area contributed by atoms with Crippen LogP contribution in [0.4, 0.5) is 4.39 Å². The molecule has 0 unspecified atom stereocenters. The van der Waals surface area contributed by atoms with Crippen LogP contribution in [0, 0.1) is 5.82 Å². The minimum Gasteiger partial charge on any atom is -0.470 e. The summed E-state index contributed by atoms with van der Waals surface area (Å²) in [7, 11) is 0. The number of halogens is 1. The third-order valence-corrected chi connectivity index (χ3v) is 4.61. The van der Waals surface area contributed by atoms with Gasteiger partial charge >= 0.3 is 0 Å². The molecule has 3 rings (SSSR count). The number of likely N-dealkylation sites (tertiary alicyclic amines) is 1. The molecule has 0 bridgehead atoms. The van der Waals surface area contributed by atoms with Gasteiger partial charge in [0.25, 0.3) is 5.88 Å². The molecular weight excluding hydrogens is 317 g/mol. The molecule has 2 aromatic heterocycles. The second kappa shape index (κ2) is 7.04. The van der Waals surface area contributed by atoms with Crippen molar-refractivity contribution in [3.8, 4) is 5.88 Å². The third kappa shape index (κ3) is 3.67. The van der Waals surface area contributed by atoms with Crippen molar-refractivity contribution >= 4 is 17.2 Å². The number of carbonyl (C=O) groups excluding carboxylic acids is 1. The third-order valence-electron chi connectivity index (χ3n) is 3.88. The van der Waals surface area contributed by atoms with Crippen LogP contribution in [0.3, 0.4) is 0 Å². The Labute approximate surface area is 138 Å². The normalized spacial score (nSPS) is 17.5. The fourth-order valence-electron chi connectivity index (χ4n) is 2.60. The van der Waals surface area contributed by atoms with Crippen LogP contribution in [0.2, 0.25) is 0 Å². The van der Waals surface area contributed by atoms with Gasteiger partial charge in [0, 0.05) is 13.0 Å². The van der Waals surface area contributed by atoms with Gasteiger partial charge in [-0.25, -0.2) is 4.98 Å². The molecule has 7 heteroatoms. The van der Waals surface area contributed by atoms with E-state index in [1.807, 2.05) is 23.8 Å². The van der Waals surface area contributed by atoms with E-state index in [1.165, 1.54) is 6.33 Å². The van der Waals surface area contributed by atoms with E-state index in [0.717, 1.165) is 5.56 Å². The highest BCUT2D eigenvalue weighted by atomic mass is 32.1. The van der Waals surface area contributed by atoms with Gasteiger partial charge in [-0.2, -0.15) is 20.7 Å². The number of aromatic nitrogens is 2. The van der Waals surface area contributed by atoms with Gasteiger partial charge in [-0.1, -0.05) is 6.92 Å². The van der Waals surface area contributed by atoms with E-state index in [1.54, 1.807) is 16.2 Å². The summed E-state index contributed by atoms with van der Waals surface area (Å²) in [5.41, 5.74) is 1.37. The van der Waals surface area contributed by atoms with Gasteiger partial charge in [0.2, 0.25) is 11.7 Å². The minimum absolute atomic E-state index is 0.0195. The van der Waals surface area contributed by atoms with Crippen molar-refractivity contribution in [3.05, 3.63) is 40.2 Å². The number of aryl methyl sites for hydroxylation is 1. The van der Waals surface area contributed by atoms with E-state index in [9.17, 15) is 9.18 Å². The van der Waals surface area contributed by atoms with E-state index in [0.29, 0.717) is 38.0 Å². The zero-order chi connectivity index (χ0) is 16.2. The number of thiophene rings is 1. The highest BCUT2D eigenvalue weighted by molar-refractivity contribution is 7.07. The number of amides is 1. The molecule has 0 aliphatic carbocycles. The smallest absolute Gasteiger partial charge is 0.254 e. The first-order chi connectivity index (χ1) is 11.2. The summed E-state index contributed by atoms with van der Waals surface area (Å²) in [4.78, 5) is 21.8. The summed E-state index contributed by atoms with van der Waals surface area (Å²) < 4.78 is 19.8. The number of nitrogens with zero attached hydrogens (tertiary/aromatic N) is 3. The Hall–Kier alpha value is -2.02. The minimum atomic E-state index is -0.502. The first-order valence-electron chi connectivity index (χ1n) is 7.62. The van der Waals surface area contributed by atoms with Crippen molar-refractivity contribution in [2.75, 3.05) is 13.1 Å². The molecule has 5 nitrogen and oxygen atoms in total. The van der Waals surface area contributed by atoms with E-state index in [-0.39, 0.29) is 17.9 Å². The van der Waals surface area contributed by atoms with Gasteiger partial charge in [-0.3, -0.25) is 4.79 Å². The summed E-state index contributed by atoms with van der Waals surface area (Å²) >= 11 is 1.58. The Balaban J connectivity index is 1.59. The SMILES string of the molecule is CCc1ncnc(O[C@H]2CCN(C(=O)Cc3ccsc3)C2)c1F. The number of rotatable bonds is 5. The fraction of sp³-hybridized carbons (Fsp3) is 0.438. The monoisotopic (exact) mass is 335 g/mol. The number of hydrogen-bond acceptors (Lipinski definition) is 5. The van der Waals surface area contributed by atoms with Crippen molar-refractivity contribution in [2.24, 2.45) is 0 Å². The number of ether oxygens (including phenoxy) is 1. The van der Waals surface area contributed by atoms with Crippen molar-refractivity contribution < 1.29 is 13.9 Å². The zero-order valence-electron chi connectivity index (χ0n) is 12.9. The van der Waals surface area contributed by atoms with Crippen LogP contribution >= 0.6 is 11.3 Å². The molecular formula is C16H18FN3O2S. The Bertz CT molecular complexity index is 678. The maximum Gasteiger partial charge on any atom is 0.254 e. The topological polar surface area (TPSA) is 55.3 Å². The second-order valence-corrected chi connectivity index (χ2v) is 6.25. The lowest BCUT2D eigenvalue weighted by molar-refractivity contribution is -0.129. The molecule has 0 radical (unpaired) electrons. The zero-order valence-corrected chi connectivity index (χ0v) is 13.7. The molecule has 1 saturated heterocycles. The lowest BCUT2D eigenvalue weighted by Crippen LogP contribution is -2.32. The second-order valence-electron chi connectivity index (χ2n) is 5.47. The fourth-order valence-corrected chi connectivity index (χ4v) is 3.27. The van der Waals surface area contributed by atoms with E-state index < -0.39 is 5.82 Å². The highest BCUT2D eigenvalue weighted by Gasteiger charge is 2.29. The van der Waals surface area contributed by atoms with Crippen LogP contribution in [0.15, 0.2) is 23.2 Å². The summed E-state index contributed by atoms with van der Waals surface area (Å²) in [5, 5.41) is 3.94. The first kappa shape index (κ1) is 15.9. The molecule has 0 N–H and O–H groups in total. The van der Waals surface area contributed by atoms with Crippen LogP contribution < -0.4 is 4.74 Å². The van der Waals surface area contributed by atoms with Gasteiger partial charge in [0.05, 0.1) is 18.7 Å². The largest absolute Gasteiger partial charge is 0.470 e. The van der Waals surface area contributed by atoms with Crippen molar-refractivity contribution in [1.29, 1.82) is 0 Å². The number of hydrogen-bond donors (Lipinski definition) is 0. The van der Waals surface area contributed by atoms with Crippen LogP contribution in [-0.4, -0.2) is 40.0 Å². The molecule has 1 aliphatic heterocycles. The summed E-state index contributed by atoms with van der Waals surface area (Å²) in [6.07, 6.45) is 2.65. The van der Waals surface area contributed by atoms with Crippen molar-refractivity contribution in [1.82, 2.24) is 14.9 Å². The highest BCUT2D eigenvalue weighted by Crippen LogP contribution is 2.21. The molecule has 1 aliphatic rings. The number of carbonyl (C=O) groups is 1. The molecule has 1 atom stereocenters. The average molecular weight is 335 g/mol. The quantitative estimate of drug-likeness (QED) is 0.842. The first-order valence-corrected chi connectivity index (χ1v) is 8.56. The van der Waals surface area contributed by atoms with Crippen LogP contribution in [0.1, 0.15) is 24.6 Å². The van der Waals surface area contributed by atoms with Gasteiger partial charge in [0.1, 0.15) is 12.4 Å². The molecule has 1 fully saturated rings. The lowest BCUT2D eigenvalue weighted by atomic mass is 10.2. The summed E-state index contributed by atoms with van der Waals surface area (Å²) in [6.45, 7) is 2.92. The Kier molecular flexibility index (Phi) is 4.85. The molecule has 3 heterocycles. The van der Waals surface area contributed by atoms with Crippen LogP contribution in [0.25, 0.3) is 0 Å². The van der Waals surface area contributed by atoms with E-state index >= 15 is 0 Å². The van der Waals surface area contributed by atoms with Gasteiger partial charge < -0.3 is 9.64 Å². The lowest BCUT2D eigenvalue weighted by Gasteiger charge is -2.17. The Morgan fingerprint density at radius 3 is 3.13 bits per heavy atom. The van der Waals surface area contributed by atoms with Crippen LogP contribution in [-0.2, 0) is 17.6 Å². The summed E-state index contributed by atoms with van der Waals surface area (Å²) in [5.74, 6) is -0.445. The molecule has 2 aromatic rings. The van der Waals surface area contributed by atoms with Gasteiger partial charge in [-0.15, -0.1) is 0 Å². The average Bonchev–Trinajstić information content (AvgIpc) is 3.21.